The highest BCUT2D eigenvalue weighted by molar-refractivity contribution is 7.26. The lowest BCUT2D eigenvalue weighted by Crippen LogP contribution is -2.15. The van der Waals surface area contributed by atoms with Gasteiger partial charge in [-0.2, -0.15) is 5.26 Å². The molecule has 49 heavy (non-hydrogen) atoms. The van der Waals surface area contributed by atoms with E-state index in [1.165, 1.54) is 103 Å². The van der Waals surface area contributed by atoms with E-state index in [0.29, 0.717) is 5.56 Å². The molecule has 9 aromatic rings. The molecule has 10 rings (SSSR count). The molecule has 1 heterocycles. The Hall–Kier alpha value is -5.75. The molecule has 0 N–H and O–H groups in total. The molecule has 0 atom stereocenters. The van der Waals surface area contributed by atoms with E-state index < -0.39 is 0 Å². The predicted octanol–water partition coefficient (Wildman–Crippen LogP) is 13.3. The van der Waals surface area contributed by atoms with Crippen LogP contribution < -0.4 is 0 Å². The first kappa shape index (κ1) is 28.3. The van der Waals surface area contributed by atoms with Crippen LogP contribution in [0.15, 0.2) is 133 Å². The molecule has 8 aromatic carbocycles. The SMILES string of the molecule is Cc1cc2c(c3sc4cc(C#N)ccc4c13)-c1ccc(-c3c4ccccc4c(-c4cccc5ccccc45)c4ccccc34)cc1C2(C)C. The summed E-state index contributed by atoms with van der Waals surface area (Å²) in [5.41, 5.74) is 12.4. The standard InChI is InChI=1S/C47H31NS/c1-27-23-40-45(46-42(27)38-21-19-28(26-48)24-41(38)49-46)37-22-20-30(25-39(37)47(40,2)3)43-33-14-6-8-16-35(33)44(36-17-9-7-15-34(36)43)32-18-10-12-29-11-4-5-13-31(29)32/h4-25H,1-3H3. The van der Waals surface area contributed by atoms with Crippen molar-refractivity contribution >= 4 is 63.8 Å². The Morgan fingerprint density at radius 2 is 1.20 bits per heavy atom. The number of aryl methyl sites for hydroxylation is 1. The molecule has 0 unspecified atom stereocenters. The first-order chi connectivity index (χ1) is 23.9. The summed E-state index contributed by atoms with van der Waals surface area (Å²) in [6.45, 7) is 7.01. The van der Waals surface area contributed by atoms with Crippen molar-refractivity contribution in [1.29, 1.82) is 5.26 Å². The van der Waals surface area contributed by atoms with Gasteiger partial charge in [0.2, 0.25) is 0 Å². The Bertz CT molecular complexity index is 2870. The lowest BCUT2D eigenvalue weighted by atomic mass is 9.80. The monoisotopic (exact) mass is 641 g/mol. The second kappa shape index (κ2) is 10.1. The summed E-state index contributed by atoms with van der Waals surface area (Å²) in [5.74, 6) is 0. The van der Waals surface area contributed by atoms with Crippen LogP contribution in [0.4, 0.5) is 0 Å². The Kier molecular flexibility index (Phi) is 5.85. The van der Waals surface area contributed by atoms with Crippen molar-refractivity contribution in [2.24, 2.45) is 0 Å². The van der Waals surface area contributed by atoms with Crippen molar-refractivity contribution in [2.45, 2.75) is 26.2 Å². The number of benzene rings is 8. The maximum absolute atomic E-state index is 9.60. The molecule has 1 aromatic heterocycles. The van der Waals surface area contributed by atoms with Gasteiger partial charge in [0, 0.05) is 31.2 Å². The smallest absolute Gasteiger partial charge is 0.0992 e. The van der Waals surface area contributed by atoms with Crippen LogP contribution in [0.3, 0.4) is 0 Å². The van der Waals surface area contributed by atoms with Crippen molar-refractivity contribution in [3.63, 3.8) is 0 Å². The molecule has 1 aliphatic carbocycles. The highest BCUT2D eigenvalue weighted by Gasteiger charge is 2.38. The molecule has 1 aliphatic rings. The third-order valence-electron chi connectivity index (χ3n) is 11.0. The second-order valence-corrected chi connectivity index (χ2v) is 15.1. The van der Waals surface area contributed by atoms with Crippen LogP contribution in [0, 0.1) is 18.3 Å². The summed E-state index contributed by atoms with van der Waals surface area (Å²) >= 11 is 1.83. The van der Waals surface area contributed by atoms with Gasteiger partial charge in [-0.25, -0.2) is 0 Å². The van der Waals surface area contributed by atoms with E-state index >= 15 is 0 Å². The summed E-state index contributed by atoms with van der Waals surface area (Å²) < 4.78 is 2.51. The summed E-state index contributed by atoms with van der Waals surface area (Å²) in [6, 6.07) is 51.4. The number of nitriles is 1. The zero-order chi connectivity index (χ0) is 33.0. The number of nitrogens with zero attached hydrogens (tertiary/aromatic N) is 1. The van der Waals surface area contributed by atoms with Gasteiger partial charge in [-0.05, 0) is 102 Å². The Morgan fingerprint density at radius 3 is 1.92 bits per heavy atom. The maximum atomic E-state index is 9.60. The molecule has 1 nitrogen and oxygen atoms in total. The fraction of sp³-hybridized carbons (Fsp3) is 0.0851. The zero-order valence-electron chi connectivity index (χ0n) is 27.6. The summed E-state index contributed by atoms with van der Waals surface area (Å²) in [4.78, 5) is 0. The van der Waals surface area contributed by atoms with Gasteiger partial charge in [-0.3, -0.25) is 0 Å². The molecule has 0 saturated carbocycles. The minimum atomic E-state index is -0.165. The first-order valence-electron chi connectivity index (χ1n) is 16.9. The minimum absolute atomic E-state index is 0.165. The number of fused-ring (bicyclic) bond motifs is 10. The van der Waals surface area contributed by atoms with Crippen molar-refractivity contribution in [3.8, 4) is 39.4 Å². The van der Waals surface area contributed by atoms with Crippen LogP contribution in [-0.2, 0) is 5.41 Å². The Balaban J connectivity index is 1.25. The summed E-state index contributed by atoms with van der Waals surface area (Å²) in [7, 11) is 0. The Morgan fingerprint density at radius 1 is 0.551 bits per heavy atom. The van der Waals surface area contributed by atoms with Crippen molar-refractivity contribution in [2.75, 3.05) is 0 Å². The van der Waals surface area contributed by atoms with Crippen molar-refractivity contribution in [3.05, 3.63) is 156 Å². The fourth-order valence-electron chi connectivity index (χ4n) is 8.73. The van der Waals surface area contributed by atoms with E-state index in [-0.39, 0.29) is 5.41 Å². The molecular weight excluding hydrogens is 611 g/mol. The average molecular weight is 642 g/mol. The highest BCUT2D eigenvalue weighted by atomic mass is 32.1. The minimum Gasteiger partial charge on any atom is -0.192 e. The third-order valence-corrected chi connectivity index (χ3v) is 12.2. The van der Waals surface area contributed by atoms with Gasteiger partial charge < -0.3 is 0 Å². The highest BCUT2D eigenvalue weighted by Crippen LogP contribution is 2.56. The van der Waals surface area contributed by atoms with Crippen LogP contribution in [-0.4, -0.2) is 0 Å². The second-order valence-electron chi connectivity index (χ2n) is 14.0. The van der Waals surface area contributed by atoms with Gasteiger partial charge in [0.25, 0.3) is 0 Å². The van der Waals surface area contributed by atoms with Crippen LogP contribution in [0.5, 0.6) is 0 Å². The Labute approximate surface area is 289 Å². The summed E-state index contributed by atoms with van der Waals surface area (Å²) in [5, 5.41) is 19.8. The number of thiophene rings is 1. The quantitative estimate of drug-likeness (QED) is 0.172. The molecule has 0 radical (unpaired) electrons. The predicted molar refractivity (Wildman–Crippen MR) is 210 cm³/mol. The van der Waals surface area contributed by atoms with Gasteiger partial charge in [0.15, 0.2) is 0 Å². The zero-order valence-corrected chi connectivity index (χ0v) is 28.4. The molecular formula is C47H31NS. The van der Waals surface area contributed by atoms with Crippen molar-refractivity contribution in [1.82, 2.24) is 0 Å². The normalized spacial score (nSPS) is 13.3. The lowest BCUT2D eigenvalue weighted by molar-refractivity contribution is 0.660. The van der Waals surface area contributed by atoms with E-state index in [1.54, 1.807) is 0 Å². The van der Waals surface area contributed by atoms with Gasteiger partial charge in [0.05, 0.1) is 11.6 Å². The lowest BCUT2D eigenvalue weighted by Gasteiger charge is -2.23. The van der Waals surface area contributed by atoms with E-state index in [4.69, 9.17) is 0 Å². The molecule has 2 heteroatoms. The average Bonchev–Trinajstić information content (AvgIpc) is 3.62. The molecule has 0 saturated heterocycles. The van der Waals surface area contributed by atoms with Crippen LogP contribution in [0.1, 0.15) is 36.1 Å². The third kappa shape index (κ3) is 3.85. The fourth-order valence-corrected chi connectivity index (χ4v) is 10.1. The van der Waals surface area contributed by atoms with Gasteiger partial charge in [0.1, 0.15) is 0 Å². The van der Waals surface area contributed by atoms with E-state index in [2.05, 4.69) is 148 Å². The van der Waals surface area contributed by atoms with Gasteiger partial charge in [-0.1, -0.05) is 129 Å². The van der Waals surface area contributed by atoms with Crippen molar-refractivity contribution < 1.29 is 0 Å². The maximum Gasteiger partial charge on any atom is 0.0992 e. The number of hydrogen-bond acceptors (Lipinski definition) is 2. The number of rotatable bonds is 2. The van der Waals surface area contributed by atoms with Crippen LogP contribution in [0.2, 0.25) is 0 Å². The van der Waals surface area contributed by atoms with Gasteiger partial charge >= 0.3 is 0 Å². The van der Waals surface area contributed by atoms with Crippen LogP contribution in [0.25, 0.3) is 85.9 Å². The molecule has 0 spiro atoms. The molecule has 0 aliphatic heterocycles. The van der Waals surface area contributed by atoms with E-state index in [9.17, 15) is 5.26 Å². The largest absolute Gasteiger partial charge is 0.192 e. The number of hydrogen-bond donors (Lipinski definition) is 0. The molecule has 0 amide bonds. The first-order valence-corrected chi connectivity index (χ1v) is 17.7. The molecule has 0 bridgehead atoms. The molecule has 230 valence electrons. The molecule has 0 fully saturated rings. The van der Waals surface area contributed by atoms with E-state index in [0.717, 1.165) is 0 Å². The van der Waals surface area contributed by atoms with E-state index in [1.807, 2.05) is 23.5 Å². The van der Waals surface area contributed by atoms with Crippen LogP contribution >= 0.6 is 11.3 Å². The topological polar surface area (TPSA) is 23.8 Å². The van der Waals surface area contributed by atoms with Gasteiger partial charge in [-0.15, -0.1) is 11.3 Å². The summed E-state index contributed by atoms with van der Waals surface area (Å²) in [6.07, 6.45) is 0.